The van der Waals surface area contributed by atoms with Gasteiger partial charge in [0.25, 0.3) is 0 Å². The summed E-state index contributed by atoms with van der Waals surface area (Å²) < 4.78 is 82.5. The number of hydrogen-bond acceptors (Lipinski definition) is 8. The molecule has 314 valence electrons. The number of phenolic OH excluding ortho intramolecular Hbond substituents is 3. The highest BCUT2D eigenvalue weighted by molar-refractivity contribution is 5.92. The number of phenols is 3. The number of hydrogen-bond donors (Lipinski definition) is 9. The van der Waals surface area contributed by atoms with Crippen molar-refractivity contribution in [1.29, 1.82) is 0 Å². The molecule has 4 rings (SSSR count). The molecule has 20 heteroatoms. The van der Waals surface area contributed by atoms with Crippen molar-refractivity contribution < 1.29 is 65.6 Å². The molecule has 0 fully saturated rings. The van der Waals surface area contributed by atoms with Gasteiger partial charge in [-0.2, -0.15) is 0 Å². The molecule has 0 unspecified atom stereocenters. The average Bonchev–Trinajstić information content (AvgIpc) is 3.16. The maximum absolute atomic E-state index is 13.1. The van der Waals surface area contributed by atoms with Crippen LogP contribution in [0.25, 0.3) is 0 Å². The fourth-order valence-corrected chi connectivity index (χ4v) is 4.35. The van der Waals surface area contributed by atoms with Gasteiger partial charge in [0.2, 0.25) is 0 Å². The monoisotopic (exact) mass is 824 g/mol. The van der Waals surface area contributed by atoms with E-state index in [0.29, 0.717) is 24.7 Å². The van der Waals surface area contributed by atoms with Crippen LogP contribution in [0, 0.1) is 34.9 Å². The van der Waals surface area contributed by atoms with Crippen LogP contribution in [0.5, 0.6) is 17.2 Å². The van der Waals surface area contributed by atoms with E-state index in [0.717, 1.165) is 43.0 Å². The molecule has 0 spiro atoms. The zero-order valence-electron chi connectivity index (χ0n) is 31.2. The van der Waals surface area contributed by atoms with Crippen LogP contribution in [-0.4, -0.2) is 59.1 Å². The maximum Gasteiger partial charge on any atom is 0.319 e. The van der Waals surface area contributed by atoms with Gasteiger partial charge in [-0.1, -0.05) is 50.1 Å². The quantitative estimate of drug-likeness (QED) is 0.0281. The molecule has 14 nitrogen and oxygen atoms in total. The second-order valence-electron chi connectivity index (χ2n) is 11.7. The van der Waals surface area contributed by atoms with E-state index in [1.807, 2.05) is 37.3 Å². The summed E-state index contributed by atoms with van der Waals surface area (Å²) in [6, 6.07) is 11.0. The number of amides is 6. The minimum atomic E-state index is -1.19. The Kier molecular flexibility index (Phi) is 20.1. The molecule has 4 aromatic rings. The molecule has 0 saturated carbocycles. The van der Waals surface area contributed by atoms with E-state index >= 15 is 0 Å². The predicted octanol–water partition coefficient (Wildman–Crippen LogP) is 7.72. The molecule has 0 radical (unpaired) electrons. The molecule has 0 aliphatic rings. The van der Waals surface area contributed by atoms with Crippen LogP contribution in [0.1, 0.15) is 45.1 Å². The number of urea groups is 3. The largest absolute Gasteiger partial charge is 0.503 e. The van der Waals surface area contributed by atoms with E-state index in [4.69, 9.17) is 0 Å². The molecule has 0 bridgehead atoms. The van der Waals surface area contributed by atoms with E-state index < -0.39 is 81.9 Å². The molecule has 0 aliphatic heterocycles. The molecule has 0 aliphatic carbocycles. The van der Waals surface area contributed by atoms with Gasteiger partial charge in [-0.3, -0.25) is 4.79 Å². The lowest BCUT2D eigenvalue weighted by molar-refractivity contribution is -0.142. The van der Waals surface area contributed by atoms with Gasteiger partial charge in [0, 0.05) is 56.0 Å². The number of benzene rings is 4. The normalized spacial score (nSPS) is 10.1. The number of carbonyl (C=O) groups excluding carboxylic acids is 4. The molecule has 6 amide bonds. The Morgan fingerprint density at radius 3 is 1.40 bits per heavy atom. The first-order chi connectivity index (χ1) is 27.5. The molecule has 0 atom stereocenters. The van der Waals surface area contributed by atoms with Crippen molar-refractivity contribution in [3.8, 4) is 17.2 Å². The Bertz CT molecular complexity index is 2000. The highest BCUT2D eigenvalue weighted by atomic mass is 19.2. The summed E-state index contributed by atoms with van der Waals surface area (Å²) in [6.07, 6.45) is 2.80. The third-order valence-corrected chi connectivity index (χ3v) is 7.11. The summed E-state index contributed by atoms with van der Waals surface area (Å²) in [4.78, 5) is 45.3. The van der Waals surface area contributed by atoms with Gasteiger partial charge in [0.05, 0.1) is 30.1 Å². The molecule has 0 heterocycles. The number of esters is 1. The van der Waals surface area contributed by atoms with E-state index in [1.165, 1.54) is 0 Å². The van der Waals surface area contributed by atoms with Gasteiger partial charge in [-0.05, 0) is 18.9 Å². The lowest BCUT2D eigenvalue weighted by atomic mass is 10.2. The van der Waals surface area contributed by atoms with Crippen LogP contribution in [-0.2, 0) is 16.1 Å². The van der Waals surface area contributed by atoms with Crippen LogP contribution in [0.2, 0.25) is 0 Å². The van der Waals surface area contributed by atoms with Gasteiger partial charge in [0.15, 0.2) is 34.7 Å². The van der Waals surface area contributed by atoms with Crippen LogP contribution < -0.4 is 31.9 Å². The fourth-order valence-electron chi connectivity index (χ4n) is 4.35. The number of aromatic hydroxyl groups is 3. The summed E-state index contributed by atoms with van der Waals surface area (Å²) >= 11 is 0. The number of anilines is 3. The van der Waals surface area contributed by atoms with Crippen molar-refractivity contribution in [2.24, 2.45) is 0 Å². The zero-order valence-corrected chi connectivity index (χ0v) is 31.2. The first-order valence-electron chi connectivity index (χ1n) is 17.4. The number of unbranched alkanes of at least 4 members (excludes halogenated alkanes) is 2. The first kappa shape index (κ1) is 47.3. The Balaban J connectivity index is 0.000000301. The van der Waals surface area contributed by atoms with Gasteiger partial charge in [-0.25, -0.2) is 40.7 Å². The van der Waals surface area contributed by atoms with E-state index in [1.54, 1.807) is 6.92 Å². The summed E-state index contributed by atoms with van der Waals surface area (Å²) in [6.45, 7) is 4.64. The van der Waals surface area contributed by atoms with Gasteiger partial charge in [-0.15, -0.1) is 0 Å². The molecule has 0 saturated heterocycles. The minimum Gasteiger partial charge on any atom is -0.503 e. The Morgan fingerprint density at radius 2 is 0.983 bits per heavy atom. The van der Waals surface area contributed by atoms with E-state index in [-0.39, 0.29) is 37.5 Å². The van der Waals surface area contributed by atoms with Crippen molar-refractivity contribution >= 4 is 41.1 Å². The van der Waals surface area contributed by atoms with Crippen molar-refractivity contribution in [3.63, 3.8) is 0 Å². The van der Waals surface area contributed by atoms with Crippen LogP contribution in [0.15, 0.2) is 66.7 Å². The predicted molar refractivity (Wildman–Crippen MR) is 201 cm³/mol. The molecule has 58 heavy (non-hydrogen) atoms. The van der Waals surface area contributed by atoms with Crippen molar-refractivity contribution in [3.05, 3.63) is 107 Å². The Labute approximate surface area is 328 Å². The fraction of sp³-hybridized carbons (Fsp3) is 0.263. The highest BCUT2D eigenvalue weighted by Gasteiger charge is 2.15. The van der Waals surface area contributed by atoms with Crippen LogP contribution in [0.4, 0.5) is 57.8 Å². The smallest absolute Gasteiger partial charge is 0.319 e. The lowest BCUT2D eigenvalue weighted by Crippen LogP contribution is -2.31. The summed E-state index contributed by atoms with van der Waals surface area (Å²) in [5.74, 6) is -9.07. The average molecular weight is 825 g/mol. The number of ether oxygens (including phenoxy) is 1. The van der Waals surface area contributed by atoms with Crippen molar-refractivity contribution in [2.45, 2.75) is 46.1 Å². The number of carbonyl (C=O) groups is 4. The van der Waals surface area contributed by atoms with Crippen molar-refractivity contribution in [2.75, 3.05) is 35.6 Å². The summed E-state index contributed by atoms with van der Waals surface area (Å²) in [7, 11) is 0. The van der Waals surface area contributed by atoms with E-state index in [9.17, 15) is 60.8 Å². The molecular formula is C38H42F6N6O8. The third-order valence-electron chi connectivity index (χ3n) is 7.11. The Hall–Kier alpha value is -6.86. The van der Waals surface area contributed by atoms with Crippen molar-refractivity contribution in [1.82, 2.24) is 16.0 Å². The zero-order chi connectivity index (χ0) is 43.2. The van der Waals surface area contributed by atoms with Gasteiger partial charge < -0.3 is 52.0 Å². The molecule has 0 aromatic heterocycles. The van der Waals surface area contributed by atoms with Gasteiger partial charge in [0.1, 0.15) is 17.5 Å². The van der Waals surface area contributed by atoms with E-state index in [2.05, 4.69) is 36.6 Å². The Morgan fingerprint density at radius 1 is 0.569 bits per heavy atom. The third kappa shape index (κ3) is 17.3. The van der Waals surface area contributed by atoms with Gasteiger partial charge >= 0.3 is 24.1 Å². The molecular weight excluding hydrogens is 782 g/mol. The topological polar surface area (TPSA) is 210 Å². The summed E-state index contributed by atoms with van der Waals surface area (Å²) in [5.41, 5.74) is -0.151. The highest BCUT2D eigenvalue weighted by Crippen LogP contribution is 2.29. The summed E-state index contributed by atoms with van der Waals surface area (Å²) in [5, 5.41) is 41.7. The minimum absolute atomic E-state index is 0.0107. The second-order valence-corrected chi connectivity index (χ2v) is 11.7. The molecule has 4 aromatic carbocycles. The SMILES string of the molecule is CCCCCNC(=O)Nc1cc(F)cc(F)c1O.CCOC(=O)CCNC(=O)Nc1cc(F)cc(F)c1O.O=C(NCc1ccccc1)Nc1cc(F)cc(F)c1O. The maximum atomic E-state index is 13.1. The van der Waals surface area contributed by atoms with Crippen LogP contribution >= 0.6 is 0 Å². The second kappa shape index (κ2) is 24.6. The first-order valence-corrected chi connectivity index (χ1v) is 17.4. The van der Waals surface area contributed by atoms with Crippen LogP contribution in [0.3, 0.4) is 0 Å². The number of rotatable bonds is 13. The molecule has 9 N–H and O–H groups in total. The lowest BCUT2D eigenvalue weighted by Gasteiger charge is -2.09. The number of nitrogens with one attached hydrogen (secondary N) is 6. The number of halogens is 6. The standard InChI is InChI=1S/C14H12F2N2O2.C12H14F2N2O4.C12H16F2N2O2/c15-10-6-11(16)13(19)12(7-10)18-14(20)17-8-9-4-2-1-3-5-9;1-2-20-10(17)3-4-15-12(19)16-9-6-7(13)5-8(14)11(9)18;1-2-3-4-5-15-12(18)16-10-7-8(13)6-9(14)11(10)17/h1-7,19H,8H2,(H2,17,18,20);5-6,18H,2-4H2,1H3,(H2,15,16,19);6-7,17H,2-5H2,1H3,(H2,15,16,18).